The highest BCUT2D eigenvalue weighted by atomic mass is 19.1. The van der Waals surface area contributed by atoms with Gasteiger partial charge in [0.25, 0.3) is 0 Å². The Bertz CT molecular complexity index is 559. The summed E-state index contributed by atoms with van der Waals surface area (Å²) in [4.78, 5) is 14.5. The Labute approximate surface area is 143 Å². The maximum atomic E-state index is 14.0. The molecular weight excluding hydrogens is 305 g/mol. The Morgan fingerprint density at radius 1 is 1.38 bits per heavy atom. The number of nitrogens with zero attached hydrogens (tertiary/aromatic N) is 1. The van der Waals surface area contributed by atoms with Gasteiger partial charge in [-0.25, -0.2) is 4.39 Å². The van der Waals surface area contributed by atoms with Gasteiger partial charge in [0.05, 0.1) is 6.04 Å². The zero-order valence-electron chi connectivity index (χ0n) is 14.4. The summed E-state index contributed by atoms with van der Waals surface area (Å²) in [7, 11) is 0. The van der Waals surface area contributed by atoms with Gasteiger partial charge in [0.2, 0.25) is 5.91 Å². The second-order valence-corrected chi connectivity index (χ2v) is 7.09. The summed E-state index contributed by atoms with van der Waals surface area (Å²) in [5.74, 6) is 0.442. The number of amides is 1. The third-order valence-corrected chi connectivity index (χ3v) is 5.40. The predicted molar refractivity (Wildman–Crippen MR) is 93.1 cm³/mol. The van der Waals surface area contributed by atoms with Gasteiger partial charge in [-0.05, 0) is 57.7 Å². The van der Waals surface area contributed by atoms with Crippen LogP contribution in [0.1, 0.15) is 44.2 Å². The third-order valence-electron chi connectivity index (χ3n) is 5.40. The first-order chi connectivity index (χ1) is 11.6. The van der Waals surface area contributed by atoms with Crippen molar-refractivity contribution in [2.24, 2.45) is 5.92 Å². The average molecular weight is 333 g/mol. The van der Waals surface area contributed by atoms with Gasteiger partial charge >= 0.3 is 0 Å². The monoisotopic (exact) mass is 333 g/mol. The fourth-order valence-corrected chi connectivity index (χ4v) is 3.90. The summed E-state index contributed by atoms with van der Waals surface area (Å²) in [6.07, 6.45) is 4.24. The van der Waals surface area contributed by atoms with Crippen molar-refractivity contribution in [3.63, 3.8) is 0 Å². The lowest BCUT2D eigenvalue weighted by atomic mass is 9.95. The Kier molecular flexibility index (Phi) is 5.85. The summed E-state index contributed by atoms with van der Waals surface area (Å²) >= 11 is 0. The first kappa shape index (κ1) is 17.4. The minimum atomic E-state index is -0.132. The molecule has 24 heavy (non-hydrogen) atoms. The van der Waals surface area contributed by atoms with Gasteiger partial charge in [0.1, 0.15) is 5.82 Å². The van der Waals surface area contributed by atoms with E-state index < -0.39 is 0 Å². The summed E-state index contributed by atoms with van der Waals surface area (Å²) in [5, 5.41) is 6.34. The van der Waals surface area contributed by atoms with Gasteiger partial charge in [-0.15, -0.1) is 0 Å². The van der Waals surface area contributed by atoms with Crippen molar-refractivity contribution in [3.8, 4) is 0 Å². The maximum Gasteiger partial charge on any atom is 0.237 e. The Morgan fingerprint density at radius 2 is 2.21 bits per heavy atom. The molecule has 2 aliphatic rings. The highest BCUT2D eigenvalue weighted by Crippen LogP contribution is 2.27. The highest BCUT2D eigenvalue weighted by molar-refractivity contribution is 5.81. The van der Waals surface area contributed by atoms with Gasteiger partial charge in [0, 0.05) is 24.7 Å². The molecule has 0 spiro atoms. The maximum absolute atomic E-state index is 14.0. The van der Waals surface area contributed by atoms with Crippen molar-refractivity contribution < 1.29 is 9.18 Å². The molecule has 4 nitrogen and oxygen atoms in total. The summed E-state index contributed by atoms with van der Waals surface area (Å²) in [5.41, 5.74) is 0.761. The zero-order chi connectivity index (χ0) is 16.9. The molecule has 0 aliphatic carbocycles. The van der Waals surface area contributed by atoms with Gasteiger partial charge in [-0.1, -0.05) is 18.2 Å². The fourth-order valence-electron chi connectivity index (χ4n) is 3.90. The SMILES string of the molecule is CC(c1ccccc1F)N1CCCC(CNC(=O)C2CCCN2)C1. The third kappa shape index (κ3) is 4.14. The summed E-state index contributed by atoms with van der Waals surface area (Å²) < 4.78 is 14.0. The van der Waals surface area contributed by atoms with E-state index in [0.29, 0.717) is 5.92 Å². The molecule has 2 saturated heterocycles. The van der Waals surface area contributed by atoms with Crippen molar-refractivity contribution >= 4 is 5.91 Å². The van der Waals surface area contributed by atoms with Gasteiger partial charge in [-0.3, -0.25) is 9.69 Å². The number of piperidine rings is 1. The van der Waals surface area contributed by atoms with E-state index in [9.17, 15) is 9.18 Å². The average Bonchev–Trinajstić information content (AvgIpc) is 3.14. The van der Waals surface area contributed by atoms with Crippen LogP contribution < -0.4 is 10.6 Å². The van der Waals surface area contributed by atoms with E-state index in [1.54, 1.807) is 6.07 Å². The molecule has 0 bridgehead atoms. The molecule has 2 heterocycles. The van der Waals surface area contributed by atoms with Crippen LogP contribution in [0.15, 0.2) is 24.3 Å². The number of benzene rings is 1. The standard InChI is InChI=1S/C19H28FN3O/c1-14(16-7-2-3-8-17(16)20)23-11-5-6-15(13-23)12-22-19(24)18-9-4-10-21-18/h2-3,7-8,14-15,18,21H,4-6,9-13H2,1H3,(H,22,24). The number of carbonyl (C=O) groups is 1. The lowest BCUT2D eigenvalue weighted by Crippen LogP contribution is -2.46. The number of nitrogens with one attached hydrogen (secondary N) is 2. The molecule has 132 valence electrons. The molecule has 0 saturated carbocycles. The number of halogens is 1. The smallest absolute Gasteiger partial charge is 0.237 e. The molecular formula is C19H28FN3O. The van der Waals surface area contributed by atoms with Gasteiger partial charge in [-0.2, -0.15) is 0 Å². The van der Waals surface area contributed by atoms with Crippen molar-refractivity contribution in [3.05, 3.63) is 35.6 Å². The summed E-state index contributed by atoms with van der Waals surface area (Å²) in [6, 6.07) is 7.09. The van der Waals surface area contributed by atoms with E-state index in [2.05, 4.69) is 22.5 Å². The fraction of sp³-hybridized carbons (Fsp3) is 0.632. The lowest BCUT2D eigenvalue weighted by molar-refractivity contribution is -0.123. The van der Waals surface area contributed by atoms with Gasteiger partial charge < -0.3 is 10.6 Å². The Balaban J connectivity index is 1.52. The second kappa shape index (κ2) is 8.08. The number of carbonyl (C=O) groups excluding carboxylic acids is 1. The molecule has 0 aromatic heterocycles. The van der Waals surface area contributed by atoms with Crippen molar-refractivity contribution in [1.82, 2.24) is 15.5 Å². The number of hydrogen-bond acceptors (Lipinski definition) is 3. The minimum Gasteiger partial charge on any atom is -0.354 e. The molecule has 3 unspecified atom stereocenters. The zero-order valence-corrected chi connectivity index (χ0v) is 14.4. The highest BCUT2D eigenvalue weighted by Gasteiger charge is 2.27. The van der Waals surface area contributed by atoms with Crippen molar-refractivity contribution in [2.45, 2.75) is 44.7 Å². The van der Waals surface area contributed by atoms with Crippen LogP contribution in [0.3, 0.4) is 0 Å². The van der Waals surface area contributed by atoms with Crippen molar-refractivity contribution in [2.75, 3.05) is 26.2 Å². The Hall–Kier alpha value is -1.46. The molecule has 0 radical (unpaired) electrons. The molecule has 2 N–H and O–H groups in total. The van der Waals surface area contributed by atoms with E-state index in [1.165, 1.54) is 6.07 Å². The molecule has 2 aliphatic heterocycles. The molecule has 5 heteroatoms. The van der Waals surface area contributed by atoms with E-state index in [0.717, 1.165) is 57.4 Å². The van der Waals surface area contributed by atoms with Crippen molar-refractivity contribution in [1.29, 1.82) is 0 Å². The van der Waals surface area contributed by atoms with Crippen LogP contribution in [0.5, 0.6) is 0 Å². The van der Waals surface area contributed by atoms with Crippen LogP contribution in [-0.2, 0) is 4.79 Å². The molecule has 1 aromatic rings. The second-order valence-electron chi connectivity index (χ2n) is 7.09. The number of hydrogen-bond donors (Lipinski definition) is 2. The first-order valence-corrected chi connectivity index (χ1v) is 9.14. The van der Waals surface area contributed by atoms with Crippen LogP contribution in [0, 0.1) is 11.7 Å². The number of likely N-dealkylation sites (tertiary alicyclic amines) is 1. The molecule has 3 rings (SSSR count). The van der Waals surface area contributed by atoms with Crippen LogP contribution in [0.4, 0.5) is 4.39 Å². The predicted octanol–water partition coefficient (Wildman–Crippen LogP) is 2.47. The van der Waals surface area contributed by atoms with Gasteiger partial charge in [0.15, 0.2) is 0 Å². The van der Waals surface area contributed by atoms with E-state index in [4.69, 9.17) is 0 Å². The molecule has 1 aromatic carbocycles. The molecule has 2 fully saturated rings. The van der Waals surface area contributed by atoms with Crippen LogP contribution in [0.25, 0.3) is 0 Å². The topological polar surface area (TPSA) is 44.4 Å². The van der Waals surface area contributed by atoms with Crippen LogP contribution in [0.2, 0.25) is 0 Å². The number of rotatable bonds is 5. The normalized spacial score (nSPS) is 26.2. The minimum absolute atomic E-state index is 0.0120. The lowest BCUT2D eigenvalue weighted by Gasteiger charge is -2.37. The van der Waals surface area contributed by atoms with E-state index >= 15 is 0 Å². The Morgan fingerprint density at radius 3 is 2.96 bits per heavy atom. The van der Waals surface area contributed by atoms with Crippen LogP contribution >= 0.6 is 0 Å². The van der Waals surface area contributed by atoms with Crippen LogP contribution in [-0.4, -0.2) is 43.0 Å². The molecule has 1 amide bonds. The molecule has 3 atom stereocenters. The van der Waals surface area contributed by atoms with E-state index in [1.807, 2.05) is 12.1 Å². The first-order valence-electron chi connectivity index (χ1n) is 9.14. The largest absolute Gasteiger partial charge is 0.354 e. The summed E-state index contributed by atoms with van der Waals surface area (Å²) in [6.45, 7) is 5.63. The van der Waals surface area contributed by atoms with E-state index in [-0.39, 0.29) is 23.8 Å². The quantitative estimate of drug-likeness (QED) is 0.870.